The molecule has 1 aromatic rings. The Morgan fingerprint density at radius 3 is 2.59 bits per heavy atom. The van der Waals surface area contributed by atoms with E-state index >= 15 is 0 Å². The van der Waals surface area contributed by atoms with Crippen molar-refractivity contribution < 1.29 is 8.42 Å². The average Bonchev–Trinajstić information content (AvgIpc) is 2.36. The number of pyridine rings is 1. The van der Waals surface area contributed by atoms with Crippen molar-refractivity contribution in [3.8, 4) is 0 Å². The molecule has 0 aliphatic heterocycles. The number of rotatable bonds is 6. The van der Waals surface area contributed by atoms with Gasteiger partial charge < -0.3 is 5.32 Å². The lowest BCUT2D eigenvalue weighted by molar-refractivity contribution is 0.528. The number of sulfonamides is 1. The van der Waals surface area contributed by atoms with Crippen LogP contribution >= 0.6 is 0 Å². The minimum Gasteiger partial charge on any atom is -0.373 e. The highest BCUT2D eigenvalue weighted by Gasteiger charge is 2.14. The molecular formula is C11H19N3O2S. The fourth-order valence-electron chi connectivity index (χ4n) is 1.17. The zero-order valence-electron chi connectivity index (χ0n) is 10.4. The maximum Gasteiger partial charge on any atom is 0.242 e. The molecule has 1 atom stereocenters. The molecular weight excluding hydrogens is 238 g/mol. The summed E-state index contributed by atoms with van der Waals surface area (Å²) < 4.78 is 26.3. The monoisotopic (exact) mass is 257 g/mol. The maximum atomic E-state index is 11.9. The first-order chi connectivity index (χ1) is 7.99. The Balaban J connectivity index is 2.75. The lowest BCUT2D eigenvalue weighted by Crippen LogP contribution is -2.28. The quantitative estimate of drug-likeness (QED) is 0.809. The van der Waals surface area contributed by atoms with Gasteiger partial charge in [0.05, 0.1) is 0 Å². The van der Waals surface area contributed by atoms with E-state index in [0.717, 1.165) is 6.42 Å². The van der Waals surface area contributed by atoms with Gasteiger partial charge in [0.1, 0.15) is 10.7 Å². The van der Waals surface area contributed by atoms with Crippen LogP contribution in [0.2, 0.25) is 0 Å². The van der Waals surface area contributed by atoms with E-state index in [0.29, 0.717) is 18.3 Å². The van der Waals surface area contributed by atoms with Crippen LogP contribution in [-0.4, -0.2) is 27.0 Å². The summed E-state index contributed by atoms with van der Waals surface area (Å²) in [6.45, 7) is 4.49. The normalized spacial score (nSPS) is 13.4. The molecule has 0 fully saturated rings. The van der Waals surface area contributed by atoms with Crippen molar-refractivity contribution in [2.45, 2.75) is 25.2 Å². The van der Waals surface area contributed by atoms with Crippen LogP contribution in [-0.2, 0) is 10.0 Å². The summed E-state index contributed by atoms with van der Waals surface area (Å²) in [5, 5.41) is 2.84. The van der Waals surface area contributed by atoms with Crippen molar-refractivity contribution in [2.75, 3.05) is 18.9 Å². The van der Waals surface area contributed by atoms with Crippen LogP contribution < -0.4 is 10.0 Å². The van der Waals surface area contributed by atoms with Gasteiger partial charge in [0.25, 0.3) is 0 Å². The molecule has 1 unspecified atom stereocenters. The van der Waals surface area contributed by atoms with Gasteiger partial charge >= 0.3 is 0 Å². The number of nitrogens with zero attached hydrogens (tertiary/aromatic N) is 1. The number of nitrogens with one attached hydrogen (secondary N) is 2. The van der Waals surface area contributed by atoms with Crippen molar-refractivity contribution >= 4 is 15.8 Å². The molecule has 0 saturated heterocycles. The van der Waals surface area contributed by atoms with Crippen LogP contribution in [0.1, 0.15) is 20.3 Å². The molecule has 96 valence electrons. The molecule has 1 heterocycles. The Morgan fingerprint density at radius 1 is 1.41 bits per heavy atom. The van der Waals surface area contributed by atoms with Crippen molar-refractivity contribution in [1.29, 1.82) is 0 Å². The zero-order chi connectivity index (χ0) is 12.9. The first kappa shape index (κ1) is 13.9. The smallest absolute Gasteiger partial charge is 0.242 e. The van der Waals surface area contributed by atoms with Gasteiger partial charge in [0, 0.05) is 19.8 Å². The standard InChI is InChI=1S/C11H19N3O2S/c1-4-9(2)7-14-17(15,16)10-5-6-11(12-3)13-8-10/h5-6,8-9,14H,4,7H2,1-3H3,(H,12,13). The van der Waals surface area contributed by atoms with Crippen LogP contribution in [0.4, 0.5) is 5.82 Å². The lowest BCUT2D eigenvalue weighted by Gasteiger charge is -2.10. The molecule has 0 aliphatic rings. The van der Waals surface area contributed by atoms with Gasteiger partial charge in [0.2, 0.25) is 10.0 Å². The third kappa shape index (κ3) is 3.98. The molecule has 1 rings (SSSR count). The van der Waals surface area contributed by atoms with Crippen LogP contribution in [0.5, 0.6) is 0 Å². The van der Waals surface area contributed by atoms with Gasteiger partial charge in [-0.25, -0.2) is 18.1 Å². The third-order valence-corrected chi connectivity index (χ3v) is 4.03. The summed E-state index contributed by atoms with van der Waals surface area (Å²) in [5.74, 6) is 0.972. The van der Waals surface area contributed by atoms with E-state index in [4.69, 9.17) is 0 Å². The molecule has 0 bridgehead atoms. The summed E-state index contributed by atoms with van der Waals surface area (Å²) in [5.41, 5.74) is 0. The summed E-state index contributed by atoms with van der Waals surface area (Å²) in [6.07, 6.45) is 2.30. The van der Waals surface area contributed by atoms with Gasteiger partial charge in [-0.1, -0.05) is 20.3 Å². The highest BCUT2D eigenvalue weighted by Crippen LogP contribution is 2.10. The second-order valence-corrected chi connectivity index (χ2v) is 5.76. The van der Waals surface area contributed by atoms with Crippen molar-refractivity contribution in [3.05, 3.63) is 18.3 Å². The van der Waals surface area contributed by atoms with Gasteiger partial charge in [-0.3, -0.25) is 0 Å². The minimum atomic E-state index is -3.43. The molecule has 0 radical (unpaired) electrons. The van der Waals surface area contributed by atoms with Crippen molar-refractivity contribution in [2.24, 2.45) is 5.92 Å². The summed E-state index contributed by atoms with van der Waals surface area (Å²) in [4.78, 5) is 4.17. The van der Waals surface area contributed by atoms with Crippen LogP contribution in [0.3, 0.4) is 0 Å². The molecule has 0 saturated carbocycles. The average molecular weight is 257 g/mol. The lowest BCUT2D eigenvalue weighted by atomic mass is 10.1. The van der Waals surface area contributed by atoms with E-state index in [1.165, 1.54) is 12.3 Å². The molecule has 0 amide bonds. The molecule has 2 N–H and O–H groups in total. The van der Waals surface area contributed by atoms with Crippen LogP contribution in [0.25, 0.3) is 0 Å². The number of hydrogen-bond donors (Lipinski definition) is 2. The van der Waals surface area contributed by atoms with E-state index in [1.807, 2.05) is 13.8 Å². The Morgan fingerprint density at radius 2 is 2.12 bits per heavy atom. The zero-order valence-corrected chi connectivity index (χ0v) is 11.2. The molecule has 5 nitrogen and oxygen atoms in total. The number of hydrogen-bond acceptors (Lipinski definition) is 4. The van der Waals surface area contributed by atoms with Crippen LogP contribution in [0, 0.1) is 5.92 Å². The van der Waals surface area contributed by atoms with Gasteiger partial charge in [0.15, 0.2) is 0 Å². The molecule has 0 aromatic carbocycles. The van der Waals surface area contributed by atoms with Crippen molar-refractivity contribution in [3.63, 3.8) is 0 Å². The summed E-state index contributed by atoms with van der Waals surface area (Å²) >= 11 is 0. The second-order valence-electron chi connectivity index (χ2n) is 3.99. The fourth-order valence-corrected chi connectivity index (χ4v) is 2.28. The highest BCUT2D eigenvalue weighted by molar-refractivity contribution is 7.89. The summed E-state index contributed by atoms with van der Waals surface area (Å²) in [6, 6.07) is 3.18. The number of aromatic nitrogens is 1. The minimum absolute atomic E-state index is 0.194. The fraction of sp³-hybridized carbons (Fsp3) is 0.545. The Labute approximate surface area is 103 Å². The first-order valence-corrected chi connectivity index (χ1v) is 7.11. The Bertz CT molecular complexity index is 442. The topological polar surface area (TPSA) is 71.1 Å². The van der Waals surface area contributed by atoms with E-state index < -0.39 is 10.0 Å². The number of anilines is 1. The van der Waals surface area contributed by atoms with E-state index in [-0.39, 0.29) is 4.90 Å². The molecule has 17 heavy (non-hydrogen) atoms. The predicted molar refractivity (Wildman–Crippen MR) is 68.4 cm³/mol. The summed E-state index contributed by atoms with van der Waals surface area (Å²) in [7, 11) is -1.70. The SMILES string of the molecule is CCC(C)CNS(=O)(=O)c1ccc(NC)nc1. The predicted octanol–water partition coefficient (Wildman–Crippen LogP) is 1.45. The molecule has 6 heteroatoms. The molecule has 1 aromatic heterocycles. The Hall–Kier alpha value is -1.14. The van der Waals surface area contributed by atoms with Crippen LogP contribution in [0.15, 0.2) is 23.2 Å². The van der Waals surface area contributed by atoms with Crippen molar-refractivity contribution in [1.82, 2.24) is 9.71 Å². The first-order valence-electron chi connectivity index (χ1n) is 5.63. The van der Waals surface area contributed by atoms with Gasteiger partial charge in [-0.15, -0.1) is 0 Å². The van der Waals surface area contributed by atoms with Gasteiger partial charge in [-0.2, -0.15) is 0 Å². The van der Waals surface area contributed by atoms with E-state index in [9.17, 15) is 8.42 Å². The third-order valence-electron chi connectivity index (χ3n) is 2.62. The maximum absolute atomic E-state index is 11.9. The second kappa shape index (κ2) is 5.97. The molecule has 0 aliphatic carbocycles. The molecule has 0 spiro atoms. The van der Waals surface area contributed by atoms with E-state index in [2.05, 4.69) is 15.0 Å². The highest BCUT2D eigenvalue weighted by atomic mass is 32.2. The largest absolute Gasteiger partial charge is 0.373 e. The van der Waals surface area contributed by atoms with E-state index in [1.54, 1.807) is 13.1 Å². The Kier molecular flexibility index (Phi) is 4.89. The van der Waals surface area contributed by atoms with Gasteiger partial charge in [-0.05, 0) is 18.1 Å².